The Labute approximate surface area is 139 Å². The van der Waals surface area contributed by atoms with Crippen molar-refractivity contribution in [1.82, 2.24) is 4.98 Å². The minimum absolute atomic E-state index is 0.313. The first-order valence-corrected chi connectivity index (χ1v) is 7.68. The lowest BCUT2D eigenvalue weighted by Gasteiger charge is -2.10. The molecule has 0 N–H and O–H groups in total. The molecule has 0 fully saturated rings. The molecule has 0 aliphatic carbocycles. The molecule has 114 valence electrons. The topological polar surface area (TPSA) is 31.4 Å². The van der Waals surface area contributed by atoms with E-state index in [1.165, 1.54) is 0 Å². The Morgan fingerprint density at radius 1 is 1.23 bits per heavy atom. The number of nitrogens with zero attached hydrogens (tertiary/aromatic N) is 1. The average Bonchev–Trinajstić information content (AvgIpc) is 2.89. The highest BCUT2D eigenvalue weighted by Gasteiger charge is 2.26. The van der Waals surface area contributed by atoms with Gasteiger partial charge in [-0.1, -0.05) is 48.3 Å². The van der Waals surface area contributed by atoms with E-state index < -0.39 is 0 Å². The molecule has 0 spiro atoms. The maximum atomic E-state index is 6.15. The maximum absolute atomic E-state index is 6.15. The number of fused-ring (bicyclic) bond motifs is 1. The van der Waals surface area contributed by atoms with Crippen LogP contribution in [0.25, 0.3) is 12.2 Å². The van der Waals surface area contributed by atoms with Gasteiger partial charge in [0, 0.05) is 29.4 Å². The van der Waals surface area contributed by atoms with Gasteiger partial charge in [0.05, 0.1) is 23.8 Å². The van der Waals surface area contributed by atoms with Crippen LogP contribution in [0.1, 0.15) is 29.5 Å². The molecule has 1 aliphatic heterocycles. The predicted molar refractivity (Wildman–Crippen MR) is 90.1 cm³/mol. The highest BCUT2D eigenvalue weighted by molar-refractivity contribution is 6.37. The van der Waals surface area contributed by atoms with Crippen molar-refractivity contribution in [3.63, 3.8) is 0 Å². The maximum Gasteiger partial charge on any atom is 0.165 e. The molecule has 0 radical (unpaired) electrons. The average molecular weight is 336 g/mol. The molecule has 1 atom stereocenters. The minimum atomic E-state index is 0.313. The Balaban J connectivity index is 2.04. The van der Waals surface area contributed by atoms with Crippen molar-refractivity contribution in [3.8, 4) is 11.5 Å². The molecular formula is C17H15Cl2NO2. The number of ether oxygens (including phenoxy) is 2. The van der Waals surface area contributed by atoms with Crippen LogP contribution in [0.5, 0.6) is 11.5 Å². The van der Waals surface area contributed by atoms with Gasteiger partial charge in [-0.25, -0.2) is 0 Å². The number of hydrogen-bond donors (Lipinski definition) is 0. The fourth-order valence-electron chi connectivity index (χ4n) is 2.60. The van der Waals surface area contributed by atoms with Crippen LogP contribution in [0.2, 0.25) is 10.0 Å². The van der Waals surface area contributed by atoms with Gasteiger partial charge in [0.2, 0.25) is 0 Å². The zero-order chi connectivity index (χ0) is 15.7. The van der Waals surface area contributed by atoms with Crippen LogP contribution in [0.3, 0.4) is 0 Å². The summed E-state index contributed by atoms with van der Waals surface area (Å²) in [7, 11) is 1.65. The number of methoxy groups -OCH3 is 1. The van der Waals surface area contributed by atoms with Gasteiger partial charge >= 0.3 is 0 Å². The smallest absolute Gasteiger partial charge is 0.165 e. The summed E-state index contributed by atoms with van der Waals surface area (Å²) in [4.78, 5) is 3.96. The molecule has 0 bridgehead atoms. The summed E-state index contributed by atoms with van der Waals surface area (Å²) in [5, 5.41) is 1.05. The van der Waals surface area contributed by atoms with Crippen molar-refractivity contribution in [2.75, 3.05) is 13.7 Å². The number of benzene rings is 1. The van der Waals surface area contributed by atoms with Crippen molar-refractivity contribution >= 4 is 35.4 Å². The van der Waals surface area contributed by atoms with Crippen LogP contribution in [-0.4, -0.2) is 18.7 Å². The fourth-order valence-corrected chi connectivity index (χ4v) is 3.09. The standard InChI is InChI=1S/C17H15Cl2NO2/c1-10-9-22-17-15(21-2)6-4-11(16(10)17)3-5-12-13(18)7-20-8-14(12)19/h3-8,10H,9H2,1-2H3. The third kappa shape index (κ3) is 2.67. The molecule has 1 aliphatic rings. The lowest BCUT2D eigenvalue weighted by molar-refractivity contribution is 0.314. The molecule has 1 aromatic heterocycles. The van der Waals surface area contributed by atoms with E-state index >= 15 is 0 Å². The highest BCUT2D eigenvalue weighted by Crippen LogP contribution is 2.43. The van der Waals surface area contributed by atoms with E-state index in [9.17, 15) is 0 Å². The summed E-state index contributed by atoms with van der Waals surface area (Å²) < 4.78 is 11.1. The number of aromatic nitrogens is 1. The Bertz CT molecular complexity index is 723. The summed E-state index contributed by atoms with van der Waals surface area (Å²) in [6.45, 7) is 2.79. The van der Waals surface area contributed by atoms with Gasteiger partial charge < -0.3 is 9.47 Å². The van der Waals surface area contributed by atoms with E-state index in [1.54, 1.807) is 19.5 Å². The van der Waals surface area contributed by atoms with E-state index in [1.807, 2.05) is 24.3 Å². The van der Waals surface area contributed by atoms with Crippen molar-refractivity contribution in [2.24, 2.45) is 0 Å². The summed E-state index contributed by atoms with van der Waals surface area (Å²) in [5.41, 5.74) is 2.98. The van der Waals surface area contributed by atoms with Crippen LogP contribution in [0.4, 0.5) is 0 Å². The first-order chi connectivity index (χ1) is 10.6. The van der Waals surface area contributed by atoms with E-state index in [0.717, 1.165) is 28.2 Å². The molecule has 5 heteroatoms. The zero-order valence-corrected chi connectivity index (χ0v) is 13.8. The van der Waals surface area contributed by atoms with Gasteiger partial charge in [-0.05, 0) is 11.6 Å². The van der Waals surface area contributed by atoms with Crippen molar-refractivity contribution in [2.45, 2.75) is 12.8 Å². The molecule has 1 aromatic carbocycles. The van der Waals surface area contributed by atoms with Gasteiger partial charge in [-0.2, -0.15) is 0 Å². The van der Waals surface area contributed by atoms with E-state index in [-0.39, 0.29) is 0 Å². The quantitative estimate of drug-likeness (QED) is 0.785. The largest absolute Gasteiger partial charge is 0.493 e. The Morgan fingerprint density at radius 2 is 1.95 bits per heavy atom. The molecule has 22 heavy (non-hydrogen) atoms. The Hall–Kier alpha value is -1.71. The summed E-state index contributed by atoms with van der Waals surface area (Å²) in [6.07, 6.45) is 7.06. The van der Waals surface area contributed by atoms with Gasteiger partial charge in [-0.15, -0.1) is 0 Å². The lowest BCUT2D eigenvalue weighted by atomic mass is 9.96. The van der Waals surface area contributed by atoms with Crippen molar-refractivity contribution in [1.29, 1.82) is 0 Å². The predicted octanol–water partition coefficient (Wildman–Crippen LogP) is 5.06. The summed E-state index contributed by atoms with van der Waals surface area (Å²) >= 11 is 12.3. The van der Waals surface area contributed by atoms with Crippen molar-refractivity contribution in [3.05, 3.63) is 51.3 Å². The highest BCUT2D eigenvalue weighted by atomic mass is 35.5. The molecule has 3 rings (SSSR count). The Kier molecular flexibility index (Phi) is 4.27. The van der Waals surface area contributed by atoms with E-state index in [0.29, 0.717) is 22.6 Å². The van der Waals surface area contributed by atoms with Crippen molar-refractivity contribution < 1.29 is 9.47 Å². The molecule has 0 amide bonds. The summed E-state index contributed by atoms with van der Waals surface area (Å²) in [5.74, 6) is 1.90. The molecule has 3 nitrogen and oxygen atoms in total. The third-order valence-corrected chi connectivity index (χ3v) is 4.31. The molecule has 2 aromatic rings. The van der Waals surface area contributed by atoms with E-state index in [2.05, 4.69) is 11.9 Å². The molecular weight excluding hydrogens is 321 g/mol. The zero-order valence-electron chi connectivity index (χ0n) is 12.3. The first-order valence-electron chi connectivity index (χ1n) is 6.92. The van der Waals surface area contributed by atoms with Crippen LogP contribution in [0.15, 0.2) is 24.5 Å². The van der Waals surface area contributed by atoms with Crippen LogP contribution in [-0.2, 0) is 0 Å². The molecule has 1 unspecified atom stereocenters. The van der Waals surface area contributed by atoms with Gasteiger partial charge in [0.1, 0.15) is 0 Å². The van der Waals surface area contributed by atoms with Crippen LogP contribution in [0, 0.1) is 0 Å². The number of rotatable bonds is 3. The second-order valence-corrected chi connectivity index (χ2v) is 5.98. The lowest BCUT2D eigenvalue weighted by Crippen LogP contribution is -1.95. The Morgan fingerprint density at radius 3 is 2.64 bits per heavy atom. The van der Waals surface area contributed by atoms with E-state index in [4.69, 9.17) is 32.7 Å². The fraction of sp³-hybridized carbons (Fsp3) is 0.235. The number of hydrogen-bond acceptors (Lipinski definition) is 3. The monoisotopic (exact) mass is 335 g/mol. The summed E-state index contributed by atoms with van der Waals surface area (Å²) in [6, 6.07) is 3.93. The van der Waals surface area contributed by atoms with Crippen LogP contribution < -0.4 is 9.47 Å². The number of pyridine rings is 1. The molecule has 0 saturated carbocycles. The van der Waals surface area contributed by atoms with Gasteiger partial charge in [-0.3, -0.25) is 4.98 Å². The third-order valence-electron chi connectivity index (χ3n) is 3.70. The second kappa shape index (κ2) is 6.19. The number of halogens is 2. The normalized spacial score (nSPS) is 16.6. The minimum Gasteiger partial charge on any atom is -0.493 e. The second-order valence-electron chi connectivity index (χ2n) is 5.16. The van der Waals surface area contributed by atoms with Gasteiger partial charge in [0.25, 0.3) is 0 Å². The molecule has 2 heterocycles. The van der Waals surface area contributed by atoms with Gasteiger partial charge in [0.15, 0.2) is 11.5 Å². The first kappa shape index (κ1) is 15.2. The molecule has 0 saturated heterocycles. The SMILES string of the molecule is COc1ccc(C=Cc2c(Cl)cncc2Cl)c2c1OCC2C. The van der Waals surface area contributed by atoms with Crippen LogP contribution >= 0.6 is 23.2 Å².